The molecule has 0 fully saturated rings. The average Bonchev–Trinajstić information content (AvgIpc) is 2.86. The molecule has 1 aromatic heterocycles. The highest BCUT2D eigenvalue weighted by Gasteiger charge is 2.36. The van der Waals surface area contributed by atoms with Gasteiger partial charge < -0.3 is 14.9 Å². The maximum atomic E-state index is 11.7. The summed E-state index contributed by atoms with van der Waals surface area (Å²) < 4.78 is 4.63. The lowest BCUT2D eigenvalue weighted by Gasteiger charge is -2.25. The summed E-state index contributed by atoms with van der Waals surface area (Å²) in [5.74, 6) is -1.21. The molecule has 0 saturated heterocycles. The second-order valence-electron chi connectivity index (χ2n) is 4.24. The number of carbonyl (C=O) groups excluding carboxylic acids is 1. The first-order valence-corrected chi connectivity index (χ1v) is 5.93. The van der Waals surface area contributed by atoms with E-state index in [1.54, 1.807) is 19.9 Å². The highest BCUT2D eigenvalue weighted by Crippen LogP contribution is 2.30. The van der Waals surface area contributed by atoms with E-state index in [0.29, 0.717) is 18.5 Å². The summed E-state index contributed by atoms with van der Waals surface area (Å²) in [6.07, 6.45) is 2.25. The predicted octanol–water partition coefficient (Wildman–Crippen LogP) is 1.57. The summed E-state index contributed by atoms with van der Waals surface area (Å²) in [7, 11) is 0. The van der Waals surface area contributed by atoms with Gasteiger partial charge in [0, 0.05) is 12.5 Å². The van der Waals surface area contributed by atoms with Crippen molar-refractivity contribution in [2.24, 2.45) is 5.41 Å². The van der Waals surface area contributed by atoms with Crippen LogP contribution in [0.25, 0.3) is 0 Å². The van der Waals surface area contributed by atoms with Crippen molar-refractivity contribution in [2.75, 3.05) is 0 Å². The van der Waals surface area contributed by atoms with Gasteiger partial charge in [-0.2, -0.15) is 0 Å². The van der Waals surface area contributed by atoms with Crippen LogP contribution in [-0.4, -0.2) is 22.1 Å². The van der Waals surface area contributed by atoms with Crippen molar-refractivity contribution in [3.63, 3.8) is 0 Å². The maximum Gasteiger partial charge on any atom is 0.310 e. The summed E-state index contributed by atoms with van der Waals surface area (Å²) in [6, 6.07) is 1.64. The number of nitrogens with one attached hydrogen (secondary N) is 1. The van der Waals surface area contributed by atoms with Crippen LogP contribution in [0.2, 0.25) is 0 Å². The quantitative estimate of drug-likeness (QED) is 0.770. The van der Waals surface area contributed by atoms with E-state index in [-0.39, 0.29) is 18.9 Å². The number of carboxylic acids is 1. The van der Waals surface area contributed by atoms with E-state index in [4.69, 9.17) is 0 Å². The van der Waals surface area contributed by atoms with E-state index in [1.807, 2.05) is 0 Å². The number of hydrogen-bond acceptors (Lipinski definition) is 4. The minimum Gasteiger partial charge on any atom is -0.481 e. The standard InChI is InChI=1S/C12H18N2O4/c1-3-12(4-2,11(16)17)7-10(15)13-8-9-5-6-18-14-9/h5-6H,3-4,7-8H2,1-2H3,(H,13,15)(H,16,17). The summed E-state index contributed by atoms with van der Waals surface area (Å²) in [5.41, 5.74) is -0.370. The van der Waals surface area contributed by atoms with Gasteiger partial charge in [-0.15, -0.1) is 0 Å². The minimum atomic E-state index is -0.978. The van der Waals surface area contributed by atoms with E-state index >= 15 is 0 Å². The SMILES string of the molecule is CCC(CC)(CC(=O)NCc1ccon1)C(=O)O. The van der Waals surface area contributed by atoms with Crippen LogP contribution in [-0.2, 0) is 16.1 Å². The normalized spacial score (nSPS) is 11.2. The van der Waals surface area contributed by atoms with Crippen LogP contribution in [0.5, 0.6) is 0 Å². The minimum absolute atomic E-state index is 0.0207. The van der Waals surface area contributed by atoms with Crippen molar-refractivity contribution in [2.45, 2.75) is 39.7 Å². The molecule has 0 aliphatic carbocycles. The smallest absolute Gasteiger partial charge is 0.310 e. The first kappa shape index (κ1) is 14.2. The van der Waals surface area contributed by atoms with Crippen molar-refractivity contribution in [1.29, 1.82) is 0 Å². The summed E-state index contributed by atoms with van der Waals surface area (Å²) in [5, 5.41) is 15.5. The van der Waals surface area contributed by atoms with E-state index in [2.05, 4.69) is 15.0 Å². The van der Waals surface area contributed by atoms with Crippen molar-refractivity contribution < 1.29 is 19.2 Å². The van der Waals surface area contributed by atoms with Crippen molar-refractivity contribution in [1.82, 2.24) is 10.5 Å². The van der Waals surface area contributed by atoms with Crippen LogP contribution < -0.4 is 5.32 Å². The summed E-state index contributed by atoms with van der Waals surface area (Å²) in [6.45, 7) is 3.81. The molecular formula is C12H18N2O4. The van der Waals surface area contributed by atoms with Gasteiger partial charge in [0.25, 0.3) is 0 Å². The summed E-state index contributed by atoms with van der Waals surface area (Å²) in [4.78, 5) is 23.0. The summed E-state index contributed by atoms with van der Waals surface area (Å²) >= 11 is 0. The molecule has 0 atom stereocenters. The Labute approximate surface area is 105 Å². The Bertz CT molecular complexity index is 396. The number of carboxylic acid groups (broad SMARTS) is 1. The van der Waals surface area contributed by atoms with Crippen molar-refractivity contribution in [3.8, 4) is 0 Å². The number of rotatable bonds is 7. The molecule has 1 aromatic rings. The van der Waals surface area contributed by atoms with E-state index in [9.17, 15) is 14.7 Å². The lowest BCUT2D eigenvalue weighted by atomic mass is 9.79. The highest BCUT2D eigenvalue weighted by molar-refractivity contribution is 5.84. The molecule has 6 heteroatoms. The third kappa shape index (κ3) is 3.32. The Kier molecular flexibility index (Phi) is 4.88. The van der Waals surface area contributed by atoms with Crippen LogP contribution in [0.1, 0.15) is 38.8 Å². The largest absolute Gasteiger partial charge is 0.481 e. The van der Waals surface area contributed by atoms with E-state index in [0.717, 1.165) is 0 Å². The molecule has 18 heavy (non-hydrogen) atoms. The molecule has 0 bridgehead atoms. The van der Waals surface area contributed by atoms with Gasteiger partial charge >= 0.3 is 5.97 Å². The van der Waals surface area contributed by atoms with Gasteiger partial charge in [-0.25, -0.2) is 0 Å². The lowest BCUT2D eigenvalue weighted by molar-refractivity contribution is -0.152. The molecule has 1 amide bonds. The molecule has 6 nitrogen and oxygen atoms in total. The molecule has 0 spiro atoms. The fraction of sp³-hybridized carbons (Fsp3) is 0.583. The number of nitrogens with zero attached hydrogens (tertiary/aromatic N) is 1. The van der Waals surface area contributed by atoms with E-state index < -0.39 is 11.4 Å². The molecule has 1 rings (SSSR count). The molecule has 0 aromatic carbocycles. The van der Waals surface area contributed by atoms with Crippen LogP contribution in [0.15, 0.2) is 16.9 Å². The Morgan fingerprint density at radius 3 is 2.56 bits per heavy atom. The molecule has 2 N–H and O–H groups in total. The second kappa shape index (κ2) is 6.18. The molecular weight excluding hydrogens is 236 g/mol. The Morgan fingerprint density at radius 1 is 1.44 bits per heavy atom. The fourth-order valence-electron chi connectivity index (χ4n) is 1.77. The monoisotopic (exact) mass is 254 g/mol. The third-order valence-corrected chi connectivity index (χ3v) is 3.26. The molecule has 0 aliphatic rings. The Morgan fingerprint density at radius 2 is 2.11 bits per heavy atom. The Hall–Kier alpha value is -1.85. The average molecular weight is 254 g/mol. The number of carbonyl (C=O) groups is 2. The van der Waals surface area contributed by atoms with E-state index in [1.165, 1.54) is 6.26 Å². The zero-order valence-corrected chi connectivity index (χ0v) is 10.6. The van der Waals surface area contributed by atoms with Gasteiger partial charge in [0.1, 0.15) is 12.0 Å². The number of aliphatic carboxylic acids is 1. The van der Waals surface area contributed by atoms with Gasteiger partial charge in [0.2, 0.25) is 5.91 Å². The highest BCUT2D eigenvalue weighted by atomic mass is 16.5. The van der Waals surface area contributed by atoms with Crippen LogP contribution >= 0.6 is 0 Å². The number of amides is 1. The molecule has 0 saturated carbocycles. The van der Waals surface area contributed by atoms with Crippen LogP contribution in [0, 0.1) is 5.41 Å². The van der Waals surface area contributed by atoms with Gasteiger partial charge in [0.05, 0.1) is 12.0 Å². The first-order chi connectivity index (χ1) is 8.54. The zero-order chi connectivity index (χ0) is 13.6. The third-order valence-electron chi connectivity index (χ3n) is 3.26. The molecule has 0 radical (unpaired) electrons. The van der Waals surface area contributed by atoms with Crippen LogP contribution in [0.3, 0.4) is 0 Å². The second-order valence-corrected chi connectivity index (χ2v) is 4.24. The number of aromatic nitrogens is 1. The van der Waals surface area contributed by atoms with Crippen molar-refractivity contribution in [3.05, 3.63) is 18.0 Å². The van der Waals surface area contributed by atoms with Gasteiger partial charge in [-0.3, -0.25) is 9.59 Å². The molecule has 0 aliphatic heterocycles. The fourth-order valence-corrected chi connectivity index (χ4v) is 1.77. The zero-order valence-electron chi connectivity index (χ0n) is 10.6. The Balaban J connectivity index is 2.54. The van der Waals surface area contributed by atoms with Crippen molar-refractivity contribution >= 4 is 11.9 Å². The van der Waals surface area contributed by atoms with Gasteiger partial charge in [-0.05, 0) is 12.8 Å². The first-order valence-electron chi connectivity index (χ1n) is 5.93. The topological polar surface area (TPSA) is 92.4 Å². The lowest BCUT2D eigenvalue weighted by Crippen LogP contribution is -2.36. The number of hydrogen-bond donors (Lipinski definition) is 2. The molecule has 0 unspecified atom stereocenters. The maximum absolute atomic E-state index is 11.7. The van der Waals surface area contributed by atoms with Gasteiger partial charge in [-0.1, -0.05) is 19.0 Å². The molecule has 1 heterocycles. The van der Waals surface area contributed by atoms with Crippen LogP contribution in [0.4, 0.5) is 0 Å². The van der Waals surface area contributed by atoms with Gasteiger partial charge in [0.15, 0.2) is 0 Å². The predicted molar refractivity (Wildman–Crippen MR) is 63.6 cm³/mol. The molecule has 100 valence electrons.